The molecule has 3 rings (SSSR count). The third-order valence-corrected chi connectivity index (χ3v) is 3.59. The maximum Gasteiger partial charge on any atom is 0.255 e. The fourth-order valence-corrected chi connectivity index (χ4v) is 2.40. The van der Waals surface area contributed by atoms with Crippen LogP contribution < -0.4 is 10.6 Å². The Morgan fingerprint density at radius 3 is 3.05 bits per heavy atom. The van der Waals surface area contributed by atoms with E-state index in [1.54, 1.807) is 13.1 Å². The van der Waals surface area contributed by atoms with E-state index in [1.165, 1.54) is 18.2 Å². The van der Waals surface area contributed by atoms with Crippen molar-refractivity contribution in [3.63, 3.8) is 0 Å². The summed E-state index contributed by atoms with van der Waals surface area (Å²) in [6.45, 7) is 3.33. The van der Waals surface area contributed by atoms with Crippen LogP contribution in [0.2, 0.25) is 0 Å². The average molecular weight is 285 g/mol. The maximum atomic E-state index is 13.2. The van der Waals surface area contributed by atoms with Crippen LogP contribution in [0.15, 0.2) is 30.5 Å². The second kappa shape index (κ2) is 5.61. The summed E-state index contributed by atoms with van der Waals surface area (Å²) in [6.07, 6.45) is 2.57. The van der Waals surface area contributed by atoms with Crippen molar-refractivity contribution in [3.05, 3.63) is 58.7 Å². The number of fused-ring (bicyclic) bond motifs is 1. The molecule has 1 aromatic heterocycles. The lowest BCUT2D eigenvalue weighted by Gasteiger charge is -2.17. The molecule has 0 saturated carbocycles. The first-order valence-corrected chi connectivity index (χ1v) is 6.89. The normalized spacial score (nSPS) is 13.6. The molecule has 0 radical (unpaired) electrons. The van der Waals surface area contributed by atoms with Gasteiger partial charge in [0.2, 0.25) is 0 Å². The predicted octanol–water partition coefficient (Wildman–Crippen LogP) is 2.43. The molecule has 1 aliphatic rings. The third kappa shape index (κ3) is 2.92. The Morgan fingerprint density at radius 2 is 2.24 bits per heavy atom. The van der Waals surface area contributed by atoms with E-state index in [4.69, 9.17) is 0 Å². The SMILES string of the molecule is Cc1cc(C(=O)Nc2cnc3c(c2)CNCC3)ccc1F. The first-order chi connectivity index (χ1) is 10.1. The van der Waals surface area contributed by atoms with Crippen LogP contribution in [-0.2, 0) is 13.0 Å². The quantitative estimate of drug-likeness (QED) is 0.891. The molecule has 4 nitrogen and oxygen atoms in total. The smallest absolute Gasteiger partial charge is 0.255 e. The van der Waals surface area contributed by atoms with Gasteiger partial charge in [-0.3, -0.25) is 9.78 Å². The van der Waals surface area contributed by atoms with E-state index in [2.05, 4.69) is 15.6 Å². The molecule has 0 spiro atoms. The third-order valence-electron chi connectivity index (χ3n) is 3.59. The number of hydrogen-bond acceptors (Lipinski definition) is 3. The number of rotatable bonds is 2. The molecule has 0 aliphatic carbocycles. The lowest BCUT2D eigenvalue weighted by Crippen LogP contribution is -2.24. The van der Waals surface area contributed by atoms with E-state index < -0.39 is 0 Å². The number of pyridine rings is 1. The zero-order valence-corrected chi connectivity index (χ0v) is 11.7. The zero-order chi connectivity index (χ0) is 14.8. The van der Waals surface area contributed by atoms with Gasteiger partial charge >= 0.3 is 0 Å². The summed E-state index contributed by atoms with van der Waals surface area (Å²) in [4.78, 5) is 16.6. The van der Waals surface area contributed by atoms with Gasteiger partial charge in [0.05, 0.1) is 11.9 Å². The summed E-state index contributed by atoms with van der Waals surface area (Å²) in [5, 5.41) is 6.08. The highest BCUT2D eigenvalue weighted by Crippen LogP contribution is 2.17. The summed E-state index contributed by atoms with van der Waals surface area (Å²) in [5.41, 5.74) is 3.73. The van der Waals surface area contributed by atoms with Crippen LogP contribution in [-0.4, -0.2) is 17.4 Å². The van der Waals surface area contributed by atoms with E-state index >= 15 is 0 Å². The van der Waals surface area contributed by atoms with Crippen molar-refractivity contribution < 1.29 is 9.18 Å². The van der Waals surface area contributed by atoms with Gasteiger partial charge in [-0.2, -0.15) is 0 Å². The van der Waals surface area contributed by atoms with Crippen LogP contribution in [0.25, 0.3) is 0 Å². The molecule has 2 aromatic rings. The second-order valence-electron chi connectivity index (χ2n) is 5.17. The van der Waals surface area contributed by atoms with Gasteiger partial charge in [0, 0.05) is 30.8 Å². The highest BCUT2D eigenvalue weighted by atomic mass is 19.1. The Labute approximate surface area is 122 Å². The summed E-state index contributed by atoms with van der Waals surface area (Å²) in [5.74, 6) is -0.573. The fraction of sp³-hybridized carbons (Fsp3) is 0.250. The van der Waals surface area contributed by atoms with E-state index in [9.17, 15) is 9.18 Å². The molecule has 5 heteroatoms. The van der Waals surface area contributed by atoms with Gasteiger partial charge in [0.25, 0.3) is 5.91 Å². The van der Waals surface area contributed by atoms with Crippen molar-refractivity contribution in [2.24, 2.45) is 0 Å². The molecule has 1 aromatic carbocycles. The molecule has 1 amide bonds. The molecule has 0 fully saturated rings. The average Bonchev–Trinajstić information content (AvgIpc) is 2.50. The van der Waals surface area contributed by atoms with Gasteiger partial charge < -0.3 is 10.6 Å². The van der Waals surface area contributed by atoms with Crippen LogP contribution in [0.3, 0.4) is 0 Å². The van der Waals surface area contributed by atoms with Gasteiger partial charge in [-0.25, -0.2) is 4.39 Å². The minimum atomic E-state index is -0.312. The van der Waals surface area contributed by atoms with Crippen molar-refractivity contribution in [2.45, 2.75) is 19.9 Å². The number of nitrogens with zero attached hydrogens (tertiary/aromatic N) is 1. The van der Waals surface area contributed by atoms with Gasteiger partial charge in [-0.05, 0) is 42.3 Å². The van der Waals surface area contributed by atoms with E-state index in [-0.39, 0.29) is 11.7 Å². The first kappa shape index (κ1) is 13.7. The van der Waals surface area contributed by atoms with Crippen LogP contribution >= 0.6 is 0 Å². The van der Waals surface area contributed by atoms with Crippen molar-refractivity contribution in [1.29, 1.82) is 0 Å². The number of carbonyl (C=O) groups excluding carboxylic acids is 1. The number of nitrogens with one attached hydrogen (secondary N) is 2. The lowest BCUT2D eigenvalue weighted by molar-refractivity contribution is 0.102. The van der Waals surface area contributed by atoms with E-state index in [0.717, 1.165) is 30.8 Å². The molecule has 0 atom stereocenters. The molecule has 0 bridgehead atoms. The molecule has 0 saturated heterocycles. The number of amides is 1. The van der Waals surface area contributed by atoms with Crippen molar-refractivity contribution in [3.8, 4) is 0 Å². The Morgan fingerprint density at radius 1 is 1.38 bits per heavy atom. The topological polar surface area (TPSA) is 54.0 Å². The summed E-state index contributed by atoms with van der Waals surface area (Å²) in [7, 11) is 0. The molecular weight excluding hydrogens is 269 g/mol. The van der Waals surface area contributed by atoms with Gasteiger partial charge in [-0.1, -0.05) is 0 Å². The van der Waals surface area contributed by atoms with Crippen LogP contribution in [0.5, 0.6) is 0 Å². The molecule has 108 valence electrons. The summed E-state index contributed by atoms with van der Waals surface area (Å²) < 4.78 is 13.2. The van der Waals surface area contributed by atoms with Crippen molar-refractivity contribution in [2.75, 3.05) is 11.9 Å². The highest BCUT2D eigenvalue weighted by molar-refractivity contribution is 6.04. The first-order valence-electron chi connectivity index (χ1n) is 6.89. The van der Waals surface area contributed by atoms with Gasteiger partial charge in [0.15, 0.2) is 0 Å². The number of aromatic nitrogens is 1. The minimum absolute atomic E-state index is 0.261. The van der Waals surface area contributed by atoms with Crippen molar-refractivity contribution >= 4 is 11.6 Å². The molecule has 0 unspecified atom stereocenters. The Balaban J connectivity index is 1.79. The number of hydrogen-bond donors (Lipinski definition) is 2. The van der Waals surface area contributed by atoms with Crippen LogP contribution in [0.1, 0.15) is 27.2 Å². The zero-order valence-electron chi connectivity index (χ0n) is 11.7. The predicted molar refractivity (Wildman–Crippen MR) is 78.7 cm³/mol. The van der Waals surface area contributed by atoms with Gasteiger partial charge in [0.1, 0.15) is 5.82 Å². The van der Waals surface area contributed by atoms with Gasteiger partial charge in [-0.15, -0.1) is 0 Å². The summed E-state index contributed by atoms with van der Waals surface area (Å²) >= 11 is 0. The van der Waals surface area contributed by atoms with Crippen LogP contribution in [0.4, 0.5) is 10.1 Å². The highest BCUT2D eigenvalue weighted by Gasteiger charge is 2.13. The van der Waals surface area contributed by atoms with E-state index in [0.29, 0.717) is 16.8 Å². The minimum Gasteiger partial charge on any atom is -0.321 e. The van der Waals surface area contributed by atoms with Crippen molar-refractivity contribution in [1.82, 2.24) is 10.3 Å². The fourth-order valence-electron chi connectivity index (χ4n) is 2.40. The number of aryl methyl sites for hydroxylation is 1. The number of anilines is 1. The lowest BCUT2D eigenvalue weighted by atomic mass is 10.1. The monoisotopic (exact) mass is 285 g/mol. The molecule has 2 N–H and O–H groups in total. The number of halogens is 1. The van der Waals surface area contributed by atoms with E-state index in [1.807, 2.05) is 6.07 Å². The molecule has 2 heterocycles. The number of carbonyl (C=O) groups is 1. The standard InChI is InChI=1S/C16H16FN3O/c1-10-6-11(2-3-14(10)17)16(21)20-13-7-12-8-18-5-4-15(12)19-9-13/h2-3,6-7,9,18H,4-5,8H2,1H3,(H,20,21). The van der Waals surface area contributed by atoms with Crippen LogP contribution in [0, 0.1) is 12.7 Å². The maximum absolute atomic E-state index is 13.2. The molecule has 1 aliphatic heterocycles. The molecule has 21 heavy (non-hydrogen) atoms. The molecular formula is C16H16FN3O. The second-order valence-corrected chi connectivity index (χ2v) is 5.17. The largest absolute Gasteiger partial charge is 0.321 e. The Bertz CT molecular complexity index is 700. The Kier molecular flexibility index (Phi) is 3.66. The Hall–Kier alpha value is -2.27. The summed E-state index contributed by atoms with van der Waals surface area (Å²) in [6, 6.07) is 6.26. The number of benzene rings is 1.